The van der Waals surface area contributed by atoms with Crippen LogP contribution in [0.3, 0.4) is 0 Å². The molecule has 172 valence electrons. The molecular weight excluding hydrogens is 427 g/mol. The molecule has 0 bridgehead atoms. The van der Waals surface area contributed by atoms with Gasteiger partial charge in [0.2, 0.25) is 5.43 Å². The number of hydrogen-bond donors (Lipinski definition) is 1. The quantitative estimate of drug-likeness (QED) is 0.628. The zero-order valence-corrected chi connectivity index (χ0v) is 17.8. The average Bonchev–Trinajstić information content (AvgIpc) is 3.19. The van der Waals surface area contributed by atoms with E-state index in [2.05, 4.69) is 0 Å². The minimum Gasteiger partial charge on any atom is -0.477 e. The third kappa shape index (κ3) is 4.15. The van der Waals surface area contributed by atoms with E-state index in [0.717, 1.165) is 11.1 Å². The molecule has 0 amide bonds. The van der Waals surface area contributed by atoms with Crippen LogP contribution in [0, 0.1) is 11.7 Å². The monoisotopic (exact) mass is 450 g/mol. The van der Waals surface area contributed by atoms with Gasteiger partial charge in [-0.1, -0.05) is 0 Å². The van der Waals surface area contributed by atoms with Crippen molar-refractivity contribution in [3.05, 3.63) is 39.9 Å². The third-order valence-electron chi connectivity index (χ3n) is 5.07. The highest BCUT2D eigenvalue weighted by Crippen LogP contribution is 2.32. The van der Waals surface area contributed by atoms with Crippen molar-refractivity contribution in [1.82, 2.24) is 4.57 Å². The first kappa shape index (κ1) is 23.2. The maximum Gasteiger partial charge on any atom is 0.341 e. The number of ether oxygens (including phenoxy) is 2. The number of aryl methyl sites for hydroxylation is 1. The Labute approximate surface area is 182 Å². The number of carbonyl (C=O) groups excluding carboxylic acids is 2. The van der Waals surface area contributed by atoms with Crippen LogP contribution in [0.4, 0.5) is 10.1 Å². The zero-order valence-electron chi connectivity index (χ0n) is 17.8. The molecule has 1 aromatic carbocycles. The first-order valence-electron chi connectivity index (χ1n) is 10.1. The number of rotatable bonds is 7. The number of esters is 2. The SMILES string of the molecule is CCOC(=O)[C@H]1CN(c2cc3c(cc2F)c(=O)c(C(=O)O)cn3CC)O[C@H]1C(=O)OCC. The number of nitrogens with zero attached hydrogens (tertiary/aromatic N) is 2. The van der Waals surface area contributed by atoms with Crippen LogP contribution in [0.5, 0.6) is 0 Å². The number of fused-ring (bicyclic) bond motifs is 1. The molecule has 2 atom stereocenters. The lowest BCUT2D eigenvalue weighted by Gasteiger charge is -2.20. The molecule has 0 spiro atoms. The summed E-state index contributed by atoms with van der Waals surface area (Å²) >= 11 is 0. The summed E-state index contributed by atoms with van der Waals surface area (Å²) in [5.74, 6) is -4.82. The second-order valence-corrected chi connectivity index (χ2v) is 6.98. The minimum atomic E-state index is -1.42. The van der Waals surface area contributed by atoms with Crippen LogP contribution in [0.2, 0.25) is 0 Å². The molecule has 1 aromatic heterocycles. The highest BCUT2D eigenvalue weighted by Gasteiger charge is 2.46. The largest absolute Gasteiger partial charge is 0.477 e. The summed E-state index contributed by atoms with van der Waals surface area (Å²) in [6.45, 7) is 5.22. The van der Waals surface area contributed by atoms with E-state index < -0.39 is 46.7 Å². The molecule has 3 rings (SSSR count). The molecule has 1 aliphatic heterocycles. The minimum absolute atomic E-state index is 0.0628. The topological polar surface area (TPSA) is 124 Å². The maximum absolute atomic E-state index is 15.0. The molecular formula is C21H23FN2O8. The van der Waals surface area contributed by atoms with E-state index >= 15 is 4.39 Å². The molecule has 0 saturated carbocycles. The van der Waals surface area contributed by atoms with E-state index in [9.17, 15) is 24.3 Å². The van der Waals surface area contributed by atoms with Gasteiger partial charge in [0, 0.05) is 18.1 Å². The number of hydrogen-bond acceptors (Lipinski definition) is 8. The van der Waals surface area contributed by atoms with Gasteiger partial charge in [-0.25, -0.2) is 19.0 Å². The number of anilines is 1. The molecule has 1 aliphatic rings. The van der Waals surface area contributed by atoms with Crippen molar-refractivity contribution >= 4 is 34.5 Å². The van der Waals surface area contributed by atoms with Crippen molar-refractivity contribution in [1.29, 1.82) is 0 Å². The summed E-state index contributed by atoms with van der Waals surface area (Å²) in [6.07, 6.45) is -0.144. The van der Waals surface area contributed by atoms with E-state index in [1.165, 1.54) is 16.8 Å². The van der Waals surface area contributed by atoms with E-state index in [1.807, 2.05) is 0 Å². The molecule has 10 nitrogen and oxygen atoms in total. The second-order valence-electron chi connectivity index (χ2n) is 6.98. The van der Waals surface area contributed by atoms with Crippen LogP contribution in [-0.4, -0.2) is 53.4 Å². The first-order valence-corrected chi connectivity index (χ1v) is 10.1. The van der Waals surface area contributed by atoms with Gasteiger partial charge in [0.1, 0.15) is 23.0 Å². The Balaban J connectivity index is 2.08. The number of pyridine rings is 1. The number of aromatic carboxylic acids is 1. The Morgan fingerprint density at radius 2 is 1.81 bits per heavy atom. The lowest BCUT2D eigenvalue weighted by Crippen LogP contribution is -2.35. The zero-order chi connectivity index (χ0) is 23.6. The van der Waals surface area contributed by atoms with E-state index in [-0.39, 0.29) is 36.3 Å². The standard InChI is InChI=1S/C21H23FN2O8/c1-4-23-9-12(19(26)27)17(25)11-7-14(22)16(8-15(11)23)24-10-13(20(28)30-5-2)18(32-24)21(29)31-6-3/h7-9,13,18H,4-6,10H2,1-3H3,(H,26,27)/t13-,18+/m0/s1. The second kappa shape index (κ2) is 9.35. The van der Waals surface area contributed by atoms with Crippen LogP contribution in [0.25, 0.3) is 10.9 Å². The average molecular weight is 450 g/mol. The van der Waals surface area contributed by atoms with Gasteiger partial charge in [0.05, 0.1) is 25.3 Å². The highest BCUT2D eigenvalue weighted by atomic mass is 19.1. The van der Waals surface area contributed by atoms with Crippen LogP contribution >= 0.6 is 0 Å². The Hall–Kier alpha value is -3.47. The van der Waals surface area contributed by atoms with E-state index in [1.54, 1.807) is 20.8 Å². The molecule has 0 unspecified atom stereocenters. The normalized spacial score (nSPS) is 18.1. The molecule has 1 saturated heterocycles. The number of hydroxylamine groups is 1. The Morgan fingerprint density at radius 1 is 1.16 bits per heavy atom. The lowest BCUT2D eigenvalue weighted by molar-refractivity contribution is -0.163. The Bertz CT molecular complexity index is 1100. The number of carbonyl (C=O) groups is 3. The molecule has 2 aromatic rings. The molecule has 32 heavy (non-hydrogen) atoms. The number of carboxylic acid groups (broad SMARTS) is 1. The summed E-state index contributed by atoms with van der Waals surface area (Å²) in [7, 11) is 0. The molecule has 0 radical (unpaired) electrons. The number of carboxylic acids is 1. The first-order chi connectivity index (χ1) is 15.2. The van der Waals surface area contributed by atoms with Crippen molar-refractivity contribution < 1.29 is 38.2 Å². The van der Waals surface area contributed by atoms with Gasteiger partial charge in [-0.15, -0.1) is 0 Å². The van der Waals surface area contributed by atoms with Gasteiger partial charge in [-0.05, 0) is 32.9 Å². The summed E-state index contributed by atoms with van der Waals surface area (Å²) in [4.78, 5) is 54.1. The fourth-order valence-electron chi connectivity index (χ4n) is 3.57. The molecule has 1 fully saturated rings. The van der Waals surface area contributed by atoms with Gasteiger partial charge in [0.15, 0.2) is 6.10 Å². The third-order valence-corrected chi connectivity index (χ3v) is 5.07. The van der Waals surface area contributed by atoms with Crippen LogP contribution in [-0.2, 0) is 30.4 Å². The molecule has 11 heteroatoms. The smallest absolute Gasteiger partial charge is 0.341 e. The van der Waals surface area contributed by atoms with Gasteiger partial charge in [-0.3, -0.25) is 14.4 Å². The van der Waals surface area contributed by atoms with Crippen LogP contribution in [0.1, 0.15) is 31.1 Å². The highest BCUT2D eigenvalue weighted by molar-refractivity contribution is 5.93. The number of halogens is 1. The van der Waals surface area contributed by atoms with Crippen molar-refractivity contribution in [2.45, 2.75) is 33.4 Å². The van der Waals surface area contributed by atoms with Crippen LogP contribution in [0.15, 0.2) is 23.1 Å². The summed E-state index contributed by atoms with van der Waals surface area (Å²) in [5, 5.41) is 10.2. The fraction of sp³-hybridized carbons (Fsp3) is 0.429. The summed E-state index contributed by atoms with van der Waals surface area (Å²) in [5.41, 5.74) is -1.15. The van der Waals surface area contributed by atoms with Crippen molar-refractivity contribution in [2.75, 3.05) is 24.8 Å². The summed E-state index contributed by atoms with van der Waals surface area (Å²) < 4.78 is 26.5. The molecule has 0 aliphatic carbocycles. The van der Waals surface area contributed by atoms with Crippen molar-refractivity contribution in [3.8, 4) is 0 Å². The Kier molecular flexibility index (Phi) is 6.78. The maximum atomic E-state index is 15.0. The fourth-order valence-corrected chi connectivity index (χ4v) is 3.57. The van der Waals surface area contributed by atoms with Crippen LogP contribution < -0.4 is 10.5 Å². The van der Waals surface area contributed by atoms with E-state index in [4.69, 9.17) is 14.3 Å². The van der Waals surface area contributed by atoms with Gasteiger partial charge in [0.25, 0.3) is 0 Å². The van der Waals surface area contributed by atoms with Gasteiger partial charge in [-0.2, -0.15) is 0 Å². The molecule has 2 heterocycles. The summed E-state index contributed by atoms with van der Waals surface area (Å²) in [6, 6.07) is 2.24. The van der Waals surface area contributed by atoms with Crippen molar-refractivity contribution in [2.24, 2.45) is 5.92 Å². The lowest BCUT2D eigenvalue weighted by atomic mass is 10.0. The van der Waals surface area contributed by atoms with Crippen molar-refractivity contribution in [3.63, 3.8) is 0 Å². The van der Waals surface area contributed by atoms with Gasteiger partial charge < -0.3 is 19.1 Å². The van der Waals surface area contributed by atoms with Gasteiger partial charge >= 0.3 is 17.9 Å². The predicted molar refractivity (Wildman–Crippen MR) is 110 cm³/mol. The molecule has 1 N–H and O–H groups in total. The number of benzene rings is 1. The van der Waals surface area contributed by atoms with E-state index in [0.29, 0.717) is 6.54 Å². The Morgan fingerprint density at radius 3 is 2.41 bits per heavy atom. The number of aromatic nitrogens is 1. The predicted octanol–water partition coefficient (Wildman–Crippen LogP) is 1.72.